The van der Waals surface area contributed by atoms with E-state index < -0.39 is 45.0 Å². The highest BCUT2D eigenvalue weighted by atomic mass is 32.3. The summed E-state index contributed by atoms with van der Waals surface area (Å²) in [6.07, 6.45) is -1.53. The van der Waals surface area contributed by atoms with E-state index in [0.29, 0.717) is 0 Å². The van der Waals surface area contributed by atoms with Crippen LogP contribution in [0, 0.1) is 0 Å². The number of rotatable bonds is 2. The Kier molecular flexibility index (Phi) is 3.25. The van der Waals surface area contributed by atoms with Crippen molar-refractivity contribution in [2.75, 3.05) is 12.4 Å². The Balaban J connectivity index is 2.66. The van der Waals surface area contributed by atoms with Gasteiger partial charge in [0.25, 0.3) is 0 Å². The normalized spacial score (nSPS) is 29.0. The molecule has 1 atom stereocenters. The second kappa shape index (κ2) is 3.75. The van der Waals surface area contributed by atoms with E-state index in [1.807, 2.05) is 0 Å². The molecule has 0 spiro atoms. The summed E-state index contributed by atoms with van der Waals surface area (Å²) in [5, 5.41) is 0. The maximum absolute atomic E-state index is 11.8. The van der Waals surface area contributed by atoms with E-state index in [2.05, 4.69) is 8.37 Å². The van der Waals surface area contributed by atoms with E-state index in [4.69, 9.17) is 9.11 Å². The minimum absolute atomic E-state index is 0.613. The van der Waals surface area contributed by atoms with Crippen LogP contribution in [0.3, 0.4) is 0 Å². The lowest BCUT2D eigenvalue weighted by Gasteiger charge is -2.17. The highest BCUT2D eigenvalue weighted by molar-refractivity contribution is 8.20. The van der Waals surface area contributed by atoms with Crippen LogP contribution in [0.4, 0.5) is 13.2 Å². The zero-order valence-electron chi connectivity index (χ0n) is 6.97. The fourth-order valence-electron chi connectivity index (χ4n) is 0.813. The molecule has 1 aliphatic heterocycles. The third-order valence-electron chi connectivity index (χ3n) is 1.39. The molecular formula is C4H7F3O6S2. The summed E-state index contributed by atoms with van der Waals surface area (Å²) in [5.41, 5.74) is -5.53. The molecule has 1 fully saturated rings. The molecule has 0 bridgehead atoms. The van der Waals surface area contributed by atoms with Crippen molar-refractivity contribution in [2.45, 2.75) is 11.6 Å². The molecule has 6 nitrogen and oxygen atoms in total. The molecule has 2 N–H and O–H groups in total. The van der Waals surface area contributed by atoms with Gasteiger partial charge in [0.15, 0.2) is 0 Å². The van der Waals surface area contributed by atoms with Crippen LogP contribution in [0.2, 0.25) is 0 Å². The molecule has 15 heavy (non-hydrogen) atoms. The lowest BCUT2D eigenvalue weighted by molar-refractivity contribution is -0.0570. The van der Waals surface area contributed by atoms with Crippen LogP contribution >= 0.6 is 10.9 Å². The molecule has 0 aromatic carbocycles. The largest absolute Gasteiger partial charge is 0.523 e. The van der Waals surface area contributed by atoms with Gasteiger partial charge in [-0.25, -0.2) is 0 Å². The van der Waals surface area contributed by atoms with Gasteiger partial charge in [-0.1, -0.05) is 0 Å². The quantitative estimate of drug-likeness (QED) is 0.573. The Morgan fingerprint density at radius 3 is 2.27 bits per heavy atom. The first-order valence-corrected chi connectivity index (χ1v) is 6.48. The zero-order valence-corrected chi connectivity index (χ0v) is 8.60. The highest BCUT2D eigenvalue weighted by Crippen LogP contribution is 2.46. The van der Waals surface area contributed by atoms with Gasteiger partial charge in [0.2, 0.25) is 0 Å². The van der Waals surface area contributed by atoms with Crippen LogP contribution in [-0.4, -0.2) is 41.5 Å². The molecule has 1 heterocycles. The molecule has 1 aliphatic rings. The maximum atomic E-state index is 11.8. The molecule has 1 unspecified atom stereocenters. The van der Waals surface area contributed by atoms with Gasteiger partial charge in [0, 0.05) is 0 Å². The molecule has 1 rings (SSSR count). The second-order valence-electron chi connectivity index (χ2n) is 2.68. The summed E-state index contributed by atoms with van der Waals surface area (Å²) in [6.45, 7) is -0.613. The first-order valence-electron chi connectivity index (χ1n) is 3.43. The second-order valence-corrected chi connectivity index (χ2v) is 6.02. The number of hydrogen-bond acceptors (Lipinski definition) is 6. The summed E-state index contributed by atoms with van der Waals surface area (Å²) in [6, 6.07) is 0. The summed E-state index contributed by atoms with van der Waals surface area (Å²) in [4.78, 5) is 0. The lowest BCUT2D eigenvalue weighted by atomic mass is 10.5. The fourth-order valence-corrected chi connectivity index (χ4v) is 2.60. The fraction of sp³-hybridized carbons (Fsp3) is 1.00. The van der Waals surface area contributed by atoms with Crippen molar-refractivity contribution in [1.82, 2.24) is 0 Å². The number of halogens is 3. The van der Waals surface area contributed by atoms with Gasteiger partial charge in [0.1, 0.15) is 6.10 Å². The summed E-state index contributed by atoms with van der Waals surface area (Å²) >= 11 is 0. The van der Waals surface area contributed by atoms with Gasteiger partial charge in [-0.15, -0.1) is 0 Å². The Morgan fingerprint density at radius 1 is 1.40 bits per heavy atom. The van der Waals surface area contributed by atoms with Crippen LogP contribution in [0.15, 0.2) is 0 Å². The SMILES string of the molecule is O=S(=O)(OC1COS(O)(O)C1)C(F)(F)F. The van der Waals surface area contributed by atoms with E-state index in [9.17, 15) is 21.6 Å². The van der Waals surface area contributed by atoms with Gasteiger partial charge >= 0.3 is 15.6 Å². The molecule has 0 saturated carbocycles. The Hall–Kier alpha value is -0.0700. The molecule has 0 aromatic heterocycles. The van der Waals surface area contributed by atoms with E-state index in [-0.39, 0.29) is 0 Å². The van der Waals surface area contributed by atoms with Crippen LogP contribution in [0.5, 0.6) is 0 Å². The van der Waals surface area contributed by atoms with Crippen LogP contribution in [0.1, 0.15) is 0 Å². The topological polar surface area (TPSA) is 93.1 Å². The van der Waals surface area contributed by atoms with Crippen LogP contribution < -0.4 is 0 Å². The van der Waals surface area contributed by atoms with Crippen molar-refractivity contribution in [3.63, 3.8) is 0 Å². The first-order chi connectivity index (χ1) is 6.54. The molecule has 0 aliphatic carbocycles. The number of alkyl halides is 3. The molecule has 11 heteroatoms. The average molecular weight is 272 g/mol. The molecule has 1 saturated heterocycles. The van der Waals surface area contributed by atoms with E-state index >= 15 is 0 Å². The lowest BCUT2D eigenvalue weighted by Crippen LogP contribution is -2.31. The van der Waals surface area contributed by atoms with Gasteiger partial charge in [-0.05, 0) is 0 Å². The summed E-state index contributed by atoms with van der Waals surface area (Å²) in [5.74, 6) is -0.692. The Morgan fingerprint density at radius 2 is 1.93 bits per heavy atom. The van der Waals surface area contributed by atoms with Gasteiger partial charge in [-0.3, -0.25) is 8.37 Å². The van der Waals surface area contributed by atoms with Crippen LogP contribution in [-0.2, 0) is 18.5 Å². The maximum Gasteiger partial charge on any atom is 0.523 e. The smallest absolute Gasteiger partial charge is 0.308 e. The van der Waals surface area contributed by atoms with Crippen molar-refractivity contribution in [3.05, 3.63) is 0 Å². The molecular weight excluding hydrogens is 265 g/mol. The van der Waals surface area contributed by atoms with E-state index in [1.165, 1.54) is 0 Å². The van der Waals surface area contributed by atoms with Crippen molar-refractivity contribution in [2.24, 2.45) is 0 Å². The van der Waals surface area contributed by atoms with Gasteiger partial charge < -0.3 is 9.11 Å². The predicted molar refractivity (Wildman–Crippen MR) is 43.5 cm³/mol. The predicted octanol–water partition coefficient (Wildman–Crippen LogP) is 0.917. The molecule has 0 amide bonds. The standard InChI is InChI=1S/C4H7F3O6S2/c5-4(6,7)15(10,11)13-3-1-12-14(8,9)2-3/h3,8-9H,1-2H2. The van der Waals surface area contributed by atoms with Crippen molar-refractivity contribution >= 4 is 21.0 Å². The van der Waals surface area contributed by atoms with E-state index in [1.54, 1.807) is 0 Å². The van der Waals surface area contributed by atoms with Crippen molar-refractivity contribution in [1.29, 1.82) is 0 Å². The van der Waals surface area contributed by atoms with Crippen LogP contribution in [0.25, 0.3) is 0 Å². The first kappa shape index (κ1) is 13.0. The summed E-state index contributed by atoms with van der Waals surface area (Å²) in [7, 11) is -9.19. The minimum Gasteiger partial charge on any atom is -0.308 e. The van der Waals surface area contributed by atoms with Gasteiger partial charge in [-0.2, -0.15) is 21.6 Å². The molecule has 0 aromatic rings. The van der Waals surface area contributed by atoms with Crippen molar-refractivity contribution < 1.29 is 39.1 Å². The Labute approximate surface area is 84.7 Å². The Bertz CT molecular complexity index is 335. The van der Waals surface area contributed by atoms with Gasteiger partial charge in [0.05, 0.1) is 23.2 Å². The highest BCUT2D eigenvalue weighted by Gasteiger charge is 2.50. The average Bonchev–Trinajstić information content (AvgIpc) is 2.26. The third kappa shape index (κ3) is 3.19. The monoisotopic (exact) mass is 272 g/mol. The number of hydrogen-bond donors (Lipinski definition) is 2. The molecule has 0 radical (unpaired) electrons. The third-order valence-corrected chi connectivity index (χ3v) is 3.80. The van der Waals surface area contributed by atoms with E-state index in [0.717, 1.165) is 0 Å². The summed E-state index contributed by atoms with van der Waals surface area (Å²) < 4.78 is 82.0. The molecule has 92 valence electrons. The minimum atomic E-state index is -5.72. The zero-order chi connectivity index (χ0) is 11.9. The van der Waals surface area contributed by atoms with Crippen molar-refractivity contribution in [3.8, 4) is 0 Å².